The van der Waals surface area contributed by atoms with Gasteiger partial charge in [-0.1, -0.05) is 52.3 Å². The molecule has 30 heavy (non-hydrogen) atoms. The molecule has 7 heteroatoms. The van der Waals surface area contributed by atoms with Crippen molar-refractivity contribution in [1.29, 1.82) is 0 Å². The highest BCUT2D eigenvalue weighted by molar-refractivity contribution is 9.10. The van der Waals surface area contributed by atoms with Crippen molar-refractivity contribution in [3.63, 3.8) is 0 Å². The van der Waals surface area contributed by atoms with Gasteiger partial charge in [0.15, 0.2) is 11.5 Å². The van der Waals surface area contributed by atoms with E-state index in [1.807, 2.05) is 36.4 Å². The summed E-state index contributed by atoms with van der Waals surface area (Å²) in [4.78, 5) is 24.3. The highest BCUT2D eigenvalue weighted by Gasteiger charge is 2.13. The predicted molar refractivity (Wildman–Crippen MR) is 118 cm³/mol. The summed E-state index contributed by atoms with van der Waals surface area (Å²) in [5.74, 6) is -0.0566. The van der Waals surface area contributed by atoms with Crippen molar-refractivity contribution in [3.8, 4) is 11.5 Å². The van der Waals surface area contributed by atoms with Crippen LogP contribution in [0.5, 0.6) is 11.5 Å². The molecule has 1 amide bonds. The Morgan fingerprint density at radius 1 is 1.00 bits per heavy atom. The van der Waals surface area contributed by atoms with Crippen LogP contribution >= 0.6 is 15.9 Å². The van der Waals surface area contributed by atoms with Crippen LogP contribution in [-0.4, -0.2) is 25.2 Å². The Kier molecular flexibility index (Phi) is 7.34. The van der Waals surface area contributed by atoms with Crippen LogP contribution in [0, 0.1) is 0 Å². The molecule has 6 nitrogen and oxygen atoms in total. The van der Waals surface area contributed by atoms with Gasteiger partial charge >= 0.3 is 5.97 Å². The van der Waals surface area contributed by atoms with E-state index in [0.717, 1.165) is 10.0 Å². The fraction of sp³-hybridized carbons (Fsp3) is 0.0870. The van der Waals surface area contributed by atoms with Gasteiger partial charge in [-0.05, 0) is 47.5 Å². The average Bonchev–Trinajstić information content (AvgIpc) is 2.75. The average molecular weight is 467 g/mol. The van der Waals surface area contributed by atoms with Crippen LogP contribution in [0.4, 0.5) is 0 Å². The maximum atomic E-state index is 12.3. The van der Waals surface area contributed by atoms with E-state index >= 15 is 0 Å². The lowest BCUT2D eigenvalue weighted by molar-refractivity contribution is -0.120. The first-order valence-electron chi connectivity index (χ1n) is 9.07. The van der Waals surface area contributed by atoms with E-state index in [2.05, 4.69) is 26.5 Å². The molecular weight excluding hydrogens is 448 g/mol. The minimum atomic E-state index is -0.496. The second kappa shape index (κ2) is 10.4. The van der Waals surface area contributed by atoms with E-state index in [9.17, 15) is 9.59 Å². The quantitative estimate of drug-likeness (QED) is 0.242. The van der Waals surface area contributed by atoms with Gasteiger partial charge in [-0.2, -0.15) is 5.10 Å². The molecule has 0 spiro atoms. The zero-order chi connectivity index (χ0) is 21.3. The first-order valence-corrected chi connectivity index (χ1v) is 9.86. The lowest BCUT2D eigenvalue weighted by atomic mass is 10.1. The SMILES string of the molecule is COc1cc(/C=N/NC(=O)Cc2ccccc2)ccc1OC(=O)c1cccc(Br)c1. The van der Waals surface area contributed by atoms with Crippen LogP contribution in [0.1, 0.15) is 21.5 Å². The fourth-order valence-electron chi connectivity index (χ4n) is 2.62. The molecule has 0 unspecified atom stereocenters. The van der Waals surface area contributed by atoms with Crippen molar-refractivity contribution in [3.05, 3.63) is 94.0 Å². The van der Waals surface area contributed by atoms with Crippen molar-refractivity contribution in [2.45, 2.75) is 6.42 Å². The molecule has 0 aliphatic heterocycles. The van der Waals surface area contributed by atoms with Gasteiger partial charge in [0.1, 0.15) is 0 Å². The van der Waals surface area contributed by atoms with Crippen molar-refractivity contribution in [2.24, 2.45) is 5.10 Å². The topological polar surface area (TPSA) is 77.0 Å². The van der Waals surface area contributed by atoms with E-state index < -0.39 is 5.97 Å². The smallest absolute Gasteiger partial charge is 0.343 e. The van der Waals surface area contributed by atoms with Crippen molar-refractivity contribution >= 4 is 34.0 Å². The number of rotatable bonds is 7. The summed E-state index contributed by atoms with van der Waals surface area (Å²) in [6.45, 7) is 0. The predicted octanol–water partition coefficient (Wildman–Crippen LogP) is 4.37. The number of hydrogen-bond acceptors (Lipinski definition) is 5. The third-order valence-corrected chi connectivity index (χ3v) is 4.55. The summed E-state index contributed by atoms with van der Waals surface area (Å²) in [5.41, 5.74) is 4.49. The molecule has 152 valence electrons. The third-order valence-electron chi connectivity index (χ3n) is 4.06. The molecule has 0 saturated carbocycles. The fourth-order valence-corrected chi connectivity index (χ4v) is 3.02. The molecule has 0 heterocycles. The maximum Gasteiger partial charge on any atom is 0.343 e. The molecule has 3 aromatic carbocycles. The zero-order valence-corrected chi connectivity index (χ0v) is 17.8. The number of benzene rings is 3. The van der Waals surface area contributed by atoms with Crippen LogP contribution in [0.2, 0.25) is 0 Å². The van der Waals surface area contributed by atoms with Crippen LogP contribution in [0.25, 0.3) is 0 Å². The molecule has 0 bridgehead atoms. The second-order valence-electron chi connectivity index (χ2n) is 6.27. The van der Waals surface area contributed by atoms with Crippen LogP contribution in [0.15, 0.2) is 82.4 Å². The minimum Gasteiger partial charge on any atom is -0.493 e. The number of nitrogens with one attached hydrogen (secondary N) is 1. The van der Waals surface area contributed by atoms with Gasteiger partial charge in [0.2, 0.25) is 5.91 Å². The first kappa shape index (κ1) is 21.3. The molecule has 0 fully saturated rings. The molecular formula is C23H19BrN2O4. The van der Waals surface area contributed by atoms with Gasteiger partial charge in [0, 0.05) is 4.47 Å². The summed E-state index contributed by atoms with van der Waals surface area (Å²) < 4.78 is 11.5. The number of carbonyl (C=O) groups excluding carboxylic acids is 2. The highest BCUT2D eigenvalue weighted by Crippen LogP contribution is 2.28. The Morgan fingerprint density at radius 3 is 2.53 bits per heavy atom. The molecule has 0 radical (unpaired) electrons. The Hall–Kier alpha value is -3.45. The third kappa shape index (κ3) is 6.02. The lowest BCUT2D eigenvalue weighted by Gasteiger charge is -2.10. The van der Waals surface area contributed by atoms with Gasteiger partial charge in [0.25, 0.3) is 0 Å². The molecule has 3 aromatic rings. The monoisotopic (exact) mass is 466 g/mol. The number of esters is 1. The molecule has 0 atom stereocenters. The van der Waals surface area contributed by atoms with E-state index in [1.54, 1.807) is 36.4 Å². The Labute approximate surface area is 182 Å². The van der Waals surface area contributed by atoms with E-state index in [4.69, 9.17) is 9.47 Å². The van der Waals surface area contributed by atoms with Gasteiger partial charge < -0.3 is 9.47 Å². The van der Waals surface area contributed by atoms with Gasteiger partial charge in [0.05, 0.1) is 25.3 Å². The van der Waals surface area contributed by atoms with Crippen LogP contribution < -0.4 is 14.9 Å². The van der Waals surface area contributed by atoms with E-state index in [0.29, 0.717) is 16.9 Å². The molecule has 0 aliphatic carbocycles. The Bertz CT molecular complexity index is 1070. The molecule has 0 aliphatic rings. The summed E-state index contributed by atoms with van der Waals surface area (Å²) in [6, 6.07) is 21.3. The number of hydrogen-bond donors (Lipinski definition) is 1. The Balaban J connectivity index is 1.62. The zero-order valence-electron chi connectivity index (χ0n) is 16.2. The van der Waals surface area contributed by atoms with Gasteiger partial charge in [-0.25, -0.2) is 10.2 Å². The van der Waals surface area contributed by atoms with Crippen LogP contribution in [0.3, 0.4) is 0 Å². The molecule has 0 aromatic heterocycles. The summed E-state index contributed by atoms with van der Waals surface area (Å²) in [6.07, 6.45) is 1.73. The summed E-state index contributed by atoms with van der Waals surface area (Å²) in [5, 5.41) is 3.97. The maximum absolute atomic E-state index is 12.3. The van der Waals surface area contributed by atoms with Gasteiger partial charge in [-0.3, -0.25) is 4.79 Å². The summed E-state index contributed by atoms with van der Waals surface area (Å²) in [7, 11) is 1.48. The number of hydrazone groups is 1. The molecule has 1 N–H and O–H groups in total. The first-order chi connectivity index (χ1) is 14.5. The van der Waals surface area contributed by atoms with Crippen LogP contribution in [-0.2, 0) is 11.2 Å². The van der Waals surface area contributed by atoms with E-state index in [1.165, 1.54) is 13.3 Å². The number of halogens is 1. The lowest BCUT2D eigenvalue weighted by Crippen LogP contribution is -2.19. The second-order valence-corrected chi connectivity index (χ2v) is 7.18. The van der Waals surface area contributed by atoms with Crippen molar-refractivity contribution in [2.75, 3.05) is 7.11 Å². The normalized spacial score (nSPS) is 10.6. The summed E-state index contributed by atoms with van der Waals surface area (Å²) >= 11 is 3.33. The molecule has 0 saturated heterocycles. The number of ether oxygens (including phenoxy) is 2. The standard InChI is InChI=1S/C23H19BrN2O4/c1-29-21-12-17(15-25-26-22(27)13-16-6-3-2-4-7-16)10-11-20(21)30-23(28)18-8-5-9-19(24)14-18/h2-12,14-15H,13H2,1H3,(H,26,27)/b25-15+. The van der Waals surface area contributed by atoms with E-state index in [-0.39, 0.29) is 18.1 Å². The molecule has 3 rings (SSSR count). The number of methoxy groups -OCH3 is 1. The number of carbonyl (C=O) groups is 2. The minimum absolute atomic E-state index is 0.219. The van der Waals surface area contributed by atoms with Crippen molar-refractivity contribution < 1.29 is 19.1 Å². The number of amides is 1. The van der Waals surface area contributed by atoms with Crippen molar-refractivity contribution in [1.82, 2.24) is 5.43 Å². The van der Waals surface area contributed by atoms with Gasteiger partial charge in [-0.15, -0.1) is 0 Å². The highest BCUT2D eigenvalue weighted by atomic mass is 79.9. The largest absolute Gasteiger partial charge is 0.493 e. The number of nitrogens with zero attached hydrogens (tertiary/aromatic N) is 1. The Morgan fingerprint density at radius 2 is 1.80 bits per heavy atom.